The van der Waals surface area contributed by atoms with Gasteiger partial charge in [0, 0.05) is 43.5 Å². The minimum absolute atomic E-state index is 0.0349. The van der Waals surface area contributed by atoms with Crippen LogP contribution in [0.25, 0.3) is 16.7 Å². The summed E-state index contributed by atoms with van der Waals surface area (Å²) in [6.45, 7) is 8.94. The van der Waals surface area contributed by atoms with E-state index in [1.54, 1.807) is 11.6 Å². The first kappa shape index (κ1) is 25.0. The van der Waals surface area contributed by atoms with Crippen molar-refractivity contribution in [3.05, 3.63) is 41.3 Å². The monoisotopic (exact) mass is 498 g/mol. The number of hydrogen-bond donors (Lipinski definition) is 2. The van der Waals surface area contributed by atoms with Crippen LogP contribution < -0.4 is 4.90 Å². The van der Waals surface area contributed by atoms with E-state index in [1.165, 1.54) is 0 Å². The summed E-state index contributed by atoms with van der Waals surface area (Å²) in [4.78, 5) is 13.4. The van der Waals surface area contributed by atoms with Crippen LogP contribution >= 0.6 is 0 Å². The summed E-state index contributed by atoms with van der Waals surface area (Å²) < 4.78 is 22.7. The molecule has 2 fully saturated rings. The van der Waals surface area contributed by atoms with E-state index < -0.39 is 12.3 Å². The minimum Gasteiger partial charge on any atom is -0.394 e. The Kier molecular flexibility index (Phi) is 7.21. The molecule has 2 aliphatic rings. The van der Waals surface area contributed by atoms with Crippen molar-refractivity contribution < 1.29 is 19.3 Å². The molecule has 4 atom stereocenters. The van der Waals surface area contributed by atoms with Crippen molar-refractivity contribution in [3.8, 4) is 5.82 Å². The Bertz CT molecular complexity index is 1220. The van der Waals surface area contributed by atoms with E-state index in [4.69, 9.17) is 4.74 Å². The van der Waals surface area contributed by atoms with Crippen LogP contribution in [0.4, 0.5) is 10.2 Å². The first-order valence-electron chi connectivity index (χ1n) is 12.7. The van der Waals surface area contributed by atoms with Gasteiger partial charge in [0.1, 0.15) is 17.8 Å². The SMILES string of the molecule is Cc1nc(N2CCO[C@@H](CO)C2)cc(-n2ncc3cc(C)c([C@H]4CCN(CC(C)O)C[C@H]4F)cc32)n1. The maximum absolute atomic E-state index is 15.3. The highest BCUT2D eigenvalue weighted by Gasteiger charge is 2.32. The minimum atomic E-state index is -1.00. The number of likely N-dealkylation sites (tertiary alicyclic amines) is 1. The van der Waals surface area contributed by atoms with Crippen molar-refractivity contribution in [3.63, 3.8) is 0 Å². The number of ether oxygens (including phenoxy) is 1. The van der Waals surface area contributed by atoms with Gasteiger partial charge in [-0.2, -0.15) is 5.10 Å². The standard InChI is InChI=1S/C26H35FN6O3/c1-16-8-19-11-28-33(24(19)9-22(16)21-4-5-31(12-17(2)35)14-23(21)27)26-10-25(29-18(3)30-26)32-6-7-36-20(13-32)15-34/h8-11,17,20-21,23,34-35H,4-7,12-15H2,1-3H3/t17?,20-,21-,23-/m1/s1. The fourth-order valence-corrected chi connectivity index (χ4v) is 5.49. The number of aromatic nitrogens is 4. The smallest absolute Gasteiger partial charge is 0.159 e. The van der Waals surface area contributed by atoms with Gasteiger partial charge in [0.15, 0.2) is 5.82 Å². The van der Waals surface area contributed by atoms with Crippen LogP contribution in [0.1, 0.15) is 36.2 Å². The number of morpholine rings is 1. The fraction of sp³-hybridized carbons (Fsp3) is 0.577. The van der Waals surface area contributed by atoms with Gasteiger partial charge in [-0.25, -0.2) is 19.0 Å². The van der Waals surface area contributed by atoms with Gasteiger partial charge in [-0.3, -0.25) is 4.90 Å². The van der Waals surface area contributed by atoms with Crippen molar-refractivity contribution in [2.45, 2.75) is 51.5 Å². The molecule has 0 amide bonds. The number of anilines is 1. The van der Waals surface area contributed by atoms with Crippen molar-refractivity contribution in [1.29, 1.82) is 0 Å². The lowest BCUT2D eigenvalue weighted by Crippen LogP contribution is -2.44. The second-order valence-corrected chi connectivity index (χ2v) is 10.1. The number of aryl methyl sites for hydroxylation is 2. The van der Waals surface area contributed by atoms with E-state index >= 15 is 4.39 Å². The Morgan fingerprint density at radius 2 is 1.94 bits per heavy atom. The molecule has 2 saturated heterocycles. The van der Waals surface area contributed by atoms with Crippen molar-refractivity contribution in [2.75, 3.05) is 50.8 Å². The summed E-state index contributed by atoms with van der Waals surface area (Å²) in [5.74, 6) is 1.84. The molecule has 9 nitrogen and oxygen atoms in total. The molecule has 10 heteroatoms. The third-order valence-electron chi connectivity index (χ3n) is 7.20. The molecule has 0 bridgehead atoms. The van der Waals surface area contributed by atoms with E-state index in [0.717, 1.165) is 34.4 Å². The van der Waals surface area contributed by atoms with Gasteiger partial charge in [-0.15, -0.1) is 0 Å². The maximum Gasteiger partial charge on any atom is 0.159 e. The molecular weight excluding hydrogens is 463 g/mol. The lowest BCUT2D eigenvalue weighted by molar-refractivity contribution is 0.00335. The molecule has 1 unspecified atom stereocenters. The molecule has 0 radical (unpaired) electrons. The summed E-state index contributed by atoms with van der Waals surface area (Å²) in [5, 5.41) is 24.8. The molecule has 194 valence electrons. The van der Waals surface area contributed by atoms with Crippen LogP contribution in [-0.4, -0.2) is 99.2 Å². The normalized spacial score (nSPS) is 24.4. The third-order valence-corrected chi connectivity index (χ3v) is 7.20. The summed E-state index contributed by atoms with van der Waals surface area (Å²) in [5.41, 5.74) is 2.94. The van der Waals surface area contributed by atoms with E-state index in [9.17, 15) is 10.2 Å². The molecule has 2 aliphatic heterocycles. The Labute approximate surface area is 210 Å². The molecule has 0 aliphatic carbocycles. The number of aliphatic hydroxyl groups excluding tert-OH is 2. The molecule has 36 heavy (non-hydrogen) atoms. The zero-order valence-electron chi connectivity index (χ0n) is 21.1. The highest BCUT2D eigenvalue weighted by Crippen LogP contribution is 2.35. The Balaban J connectivity index is 1.47. The predicted octanol–water partition coefficient (Wildman–Crippen LogP) is 2.14. The number of piperidine rings is 1. The number of nitrogens with zero attached hydrogens (tertiary/aromatic N) is 6. The molecule has 3 aromatic rings. The van der Waals surface area contributed by atoms with Crippen LogP contribution in [0.3, 0.4) is 0 Å². The van der Waals surface area contributed by atoms with Gasteiger partial charge in [0.25, 0.3) is 0 Å². The van der Waals surface area contributed by atoms with Gasteiger partial charge in [-0.05, 0) is 57.0 Å². The van der Waals surface area contributed by atoms with Crippen molar-refractivity contribution in [1.82, 2.24) is 24.6 Å². The molecule has 2 aromatic heterocycles. The Hall–Kier alpha value is -2.66. The number of alkyl halides is 1. The van der Waals surface area contributed by atoms with Crippen LogP contribution in [0, 0.1) is 13.8 Å². The second-order valence-electron chi connectivity index (χ2n) is 10.1. The maximum atomic E-state index is 15.3. The number of rotatable bonds is 6. The summed E-state index contributed by atoms with van der Waals surface area (Å²) in [6.07, 6.45) is 0.814. The fourth-order valence-electron chi connectivity index (χ4n) is 5.49. The van der Waals surface area contributed by atoms with Crippen molar-refractivity contribution in [2.24, 2.45) is 0 Å². The third kappa shape index (κ3) is 5.08. The predicted molar refractivity (Wildman–Crippen MR) is 136 cm³/mol. The molecule has 4 heterocycles. The van der Waals surface area contributed by atoms with E-state index in [0.29, 0.717) is 50.8 Å². The van der Waals surface area contributed by atoms with Crippen LogP contribution in [0.15, 0.2) is 24.4 Å². The quantitative estimate of drug-likeness (QED) is 0.533. The average molecular weight is 499 g/mol. The first-order chi connectivity index (χ1) is 17.3. The largest absolute Gasteiger partial charge is 0.394 e. The lowest BCUT2D eigenvalue weighted by Gasteiger charge is -2.36. The van der Waals surface area contributed by atoms with Crippen LogP contribution in [-0.2, 0) is 4.74 Å². The zero-order chi connectivity index (χ0) is 25.4. The van der Waals surface area contributed by atoms with Crippen molar-refractivity contribution >= 4 is 16.7 Å². The van der Waals surface area contributed by atoms with E-state index in [1.807, 2.05) is 31.0 Å². The molecule has 0 saturated carbocycles. The van der Waals surface area contributed by atoms with Gasteiger partial charge < -0.3 is 19.8 Å². The second kappa shape index (κ2) is 10.4. The highest BCUT2D eigenvalue weighted by atomic mass is 19.1. The number of halogens is 1. The Morgan fingerprint density at radius 1 is 1.14 bits per heavy atom. The van der Waals surface area contributed by atoms with E-state index in [2.05, 4.69) is 32.1 Å². The van der Waals surface area contributed by atoms with Crippen LogP contribution in [0.2, 0.25) is 0 Å². The summed E-state index contributed by atoms with van der Waals surface area (Å²) in [7, 11) is 0. The highest BCUT2D eigenvalue weighted by molar-refractivity contribution is 5.82. The average Bonchev–Trinajstić information content (AvgIpc) is 3.26. The molecule has 5 rings (SSSR count). The van der Waals surface area contributed by atoms with Gasteiger partial charge >= 0.3 is 0 Å². The van der Waals surface area contributed by atoms with E-state index in [-0.39, 0.29) is 18.6 Å². The van der Waals surface area contributed by atoms with Gasteiger partial charge in [0.05, 0.1) is 37.1 Å². The van der Waals surface area contributed by atoms with Gasteiger partial charge in [0.2, 0.25) is 0 Å². The summed E-state index contributed by atoms with van der Waals surface area (Å²) in [6, 6.07) is 6.05. The number of hydrogen-bond acceptors (Lipinski definition) is 8. The number of benzene rings is 1. The van der Waals surface area contributed by atoms with Crippen LogP contribution in [0.5, 0.6) is 0 Å². The number of aliphatic hydroxyl groups is 2. The number of fused-ring (bicyclic) bond motifs is 1. The van der Waals surface area contributed by atoms with Gasteiger partial charge in [-0.1, -0.05) is 0 Å². The molecular formula is C26H35FN6O3. The first-order valence-corrected chi connectivity index (χ1v) is 12.7. The molecule has 1 aromatic carbocycles. The topological polar surface area (TPSA) is 99.8 Å². The lowest BCUT2D eigenvalue weighted by atomic mass is 9.85. The Morgan fingerprint density at radius 3 is 2.69 bits per heavy atom. The zero-order valence-corrected chi connectivity index (χ0v) is 21.1. The number of β-amino-alcohol motifs (C(OH)–C–C–N with tert-alkyl or cyclic N) is 1. The molecule has 2 N–H and O–H groups in total. The summed E-state index contributed by atoms with van der Waals surface area (Å²) >= 11 is 0. The molecule has 0 spiro atoms.